The third-order valence-electron chi connectivity index (χ3n) is 3.94. The lowest BCUT2D eigenvalue weighted by Crippen LogP contribution is -2.53. The normalized spacial score (nSPS) is 16.8. The number of piperidine rings is 1. The minimum absolute atomic E-state index is 0.0672. The van der Waals surface area contributed by atoms with Gasteiger partial charge in [-0.25, -0.2) is 0 Å². The van der Waals surface area contributed by atoms with Crippen molar-refractivity contribution in [3.05, 3.63) is 29.8 Å². The first-order valence-corrected chi connectivity index (χ1v) is 7.46. The van der Waals surface area contributed by atoms with Crippen LogP contribution in [-0.2, 0) is 20.9 Å². The third kappa shape index (κ3) is 4.05. The van der Waals surface area contributed by atoms with Gasteiger partial charge in [-0.1, -0.05) is 12.1 Å². The highest BCUT2D eigenvalue weighted by Gasteiger charge is 2.39. The van der Waals surface area contributed by atoms with Gasteiger partial charge in [0.15, 0.2) is 0 Å². The smallest absolute Gasteiger partial charge is 0.252 e. The van der Waals surface area contributed by atoms with E-state index in [4.69, 9.17) is 4.74 Å². The van der Waals surface area contributed by atoms with Gasteiger partial charge in [-0.05, 0) is 43.6 Å². The molecule has 0 radical (unpaired) electrons. The Balaban J connectivity index is 1.91. The van der Waals surface area contributed by atoms with Crippen LogP contribution in [0.3, 0.4) is 0 Å². The zero-order chi connectivity index (χ0) is 16.0. The van der Waals surface area contributed by atoms with Crippen LogP contribution in [0.15, 0.2) is 24.3 Å². The number of carbonyl (C=O) groups is 2. The monoisotopic (exact) mass is 305 g/mol. The lowest BCUT2D eigenvalue weighted by Gasteiger charge is -2.34. The van der Waals surface area contributed by atoms with Crippen molar-refractivity contribution in [3.63, 3.8) is 0 Å². The summed E-state index contributed by atoms with van der Waals surface area (Å²) in [6.45, 7) is 3.48. The molecule has 0 saturated carbocycles. The highest BCUT2D eigenvalue weighted by Crippen LogP contribution is 2.22. The largest absolute Gasteiger partial charge is 0.368 e. The molecular formula is C16H23N3O3. The molecule has 1 aliphatic heterocycles. The van der Waals surface area contributed by atoms with E-state index >= 15 is 0 Å². The summed E-state index contributed by atoms with van der Waals surface area (Å²) in [5.41, 5.74) is 0.999. The summed E-state index contributed by atoms with van der Waals surface area (Å²) >= 11 is 0. The Hall–Kier alpha value is -1.92. The lowest BCUT2D eigenvalue weighted by atomic mass is 9.91. The number of benzene rings is 1. The van der Waals surface area contributed by atoms with E-state index in [1.54, 1.807) is 7.11 Å². The Labute approximate surface area is 130 Å². The average molecular weight is 305 g/mol. The van der Waals surface area contributed by atoms with Gasteiger partial charge >= 0.3 is 0 Å². The second-order valence-corrected chi connectivity index (χ2v) is 5.51. The average Bonchev–Trinajstić information content (AvgIpc) is 2.54. The van der Waals surface area contributed by atoms with E-state index in [0.717, 1.165) is 24.3 Å². The number of anilines is 1. The van der Waals surface area contributed by atoms with Crippen LogP contribution in [0.4, 0.5) is 5.69 Å². The molecule has 2 amide bonds. The lowest BCUT2D eigenvalue weighted by molar-refractivity contribution is -0.146. The zero-order valence-electron chi connectivity index (χ0n) is 13.1. The summed E-state index contributed by atoms with van der Waals surface area (Å²) in [4.78, 5) is 23.4. The van der Waals surface area contributed by atoms with Crippen molar-refractivity contribution in [2.45, 2.75) is 31.9 Å². The van der Waals surface area contributed by atoms with Crippen LogP contribution in [-0.4, -0.2) is 37.6 Å². The summed E-state index contributed by atoms with van der Waals surface area (Å²) in [7, 11) is 1.59. The number of hydrogen-bond donors (Lipinski definition) is 3. The molecule has 1 aromatic rings. The van der Waals surface area contributed by atoms with Crippen molar-refractivity contribution in [1.29, 1.82) is 0 Å². The summed E-state index contributed by atoms with van der Waals surface area (Å²) < 4.78 is 5.49. The Morgan fingerprint density at radius 2 is 1.86 bits per heavy atom. The molecule has 1 aliphatic rings. The van der Waals surface area contributed by atoms with Crippen molar-refractivity contribution in [2.75, 3.05) is 25.5 Å². The molecule has 0 bridgehead atoms. The highest BCUT2D eigenvalue weighted by atomic mass is 16.5. The van der Waals surface area contributed by atoms with Gasteiger partial charge in [0, 0.05) is 26.3 Å². The van der Waals surface area contributed by atoms with Crippen LogP contribution in [0.5, 0.6) is 0 Å². The first-order valence-electron chi connectivity index (χ1n) is 7.46. The molecular weight excluding hydrogens is 282 g/mol. The van der Waals surface area contributed by atoms with E-state index in [1.165, 1.54) is 6.92 Å². The van der Waals surface area contributed by atoms with Crippen molar-refractivity contribution in [1.82, 2.24) is 10.6 Å². The van der Waals surface area contributed by atoms with Crippen LogP contribution < -0.4 is 16.0 Å². The molecule has 6 heteroatoms. The molecule has 1 saturated heterocycles. The maximum Gasteiger partial charge on any atom is 0.252 e. The van der Waals surface area contributed by atoms with Gasteiger partial charge in [0.05, 0.1) is 0 Å². The fourth-order valence-corrected chi connectivity index (χ4v) is 2.61. The first-order chi connectivity index (χ1) is 10.6. The quantitative estimate of drug-likeness (QED) is 0.759. The van der Waals surface area contributed by atoms with E-state index < -0.39 is 5.60 Å². The maximum absolute atomic E-state index is 12.4. The molecule has 0 atom stereocenters. The van der Waals surface area contributed by atoms with Crippen LogP contribution >= 0.6 is 0 Å². The Bertz CT molecular complexity index is 522. The number of ether oxygens (including phenoxy) is 1. The van der Waals surface area contributed by atoms with Gasteiger partial charge in [-0.15, -0.1) is 0 Å². The van der Waals surface area contributed by atoms with Crippen molar-refractivity contribution < 1.29 is 14.3 Å². The number of hydrogen-bond acceptors (Lipinski definition) is 4. The molecule has 1 heterocycles. The molecule has 1 fully saturated rings. The Morgan fingerprint density at radius 3 is 2.41 bits per heavy atom. The summed E-state index contributed by atoms with van der Waals surface area (Å²) in [6, 6.07) is 7.40. The van der Waals surface area contributed by atoms with Gasteiger partial charge < -0.3 is 20.7 Å². The predicted octanol–water partition coefficient (Wildman–Crippen LogP) is 1.03. The first kappa shape index (κ1) is 16.5. The van der Waals surface area contributed by atoms with Gasteiger partial charge in [0.25, 0.3) is 5.91 Å². The van der Waals surface area contributed by atoms with Crippen LogP contribution in [0.1, 0.15) is 25.3 Å². The molecule has 1 aromatic carbocycles. The molecule has 0 aromatic heterocycles. The number of rotatable bonds is 5. The number of carbonyl (C=O) groups excluding carboxylic acids is 2. The van der Waals surface area contributed by atoms with Crippen molar-refractivity contribution in [2.24, 2.45) is 0 Å². The molecule has 6 nitrogen and oxygen atoms in total. The standard InChI is InChI=1S/C16H23N3O3/c1-12(20)19-14-5-3-13(4-6-14)11-18-15(21)16(22-2)7-9-17-10-8-16/h3-6,17H,7-11H2,1-2H3,(H,18,21)(H,19,20). The Morgan fingerprint density at radius 1 is 1.23 bits per heavy atom. The number of nitrogens with one attached hydrogen (secondary N) is 3. The highest BCUT2D eigenvalue weighted by molar-refractivity contribution is 5.88. The number of amides is 2. The second-order valence-electron chi connectivity index (χ2n) is 5.51. The van der Waals surface area contributed by atoms with Crippen LogP contribution in [0.2, 0.25) is 0 Å². The van der Waals surface area contributed by atoms with Crippen molar-refractivity contribution in [3.8, 4) is 0 Å². The SMILES string of the molecule is COC1(C(=O)NCc2ccc(NC(C)=O)cc2)CCNCC1. The molecule has 0 unspecified atom stereocenters. The van der Waals surface area contributed by atoms with Gasteiger partial charge in [-0.3, -0.25) is 9.59 Å². The molecule has 3 N–H and O–H groups in total. The summed E-state index contributed by atoms with van der Waals surface area (Å²) in [5.74, 6) is -0.170. The molecule has 0 spiro atoms. The minimum Gasteiger partial charge on any atom is -0.368 e. The predicted molar refractivity (Wildman–Crippen MR) is 84.4 cm³/mol. The molecule has 0 aliphatic carbocycles. The summed E-state index contributed by atoms with van der Waals surface area (Å²) in [5, 5.41) is 8.88. The third-order valence-corrected chi connectivity index (χ3v) is 3.94. The second kappa shape index (κ2) is 7.38. The van der Waals surface area contributed by atoms with E-state index in [0.29, 0.717) is 19.4 Å². The number of methoxy groups -OCH3 is 1. The Kier molecular flexibility index (Phi) is 5.51. The van der Waals surface area contributed by atoms with Crippen LogP contribution in [0, 0.1) is 0 Å². The van der Waals surface area contributed by atoms with Gasteiger partial charge in [0.2, 0.25) is 5.91 Å². The van der Waals surface area contributed by atoms with Gasteiger partial charge in [-0.2, -0.15) is 0 Å². The van der Waals surface area contributed by atoms with Crippen LogP contribution in [0.25, 0.3) is 0 Å². The fourth-order valence-electron chi connectivity index (χ4n) is 2.61. The topological polar surface area (TPSA) is 79.5 Å². The fraction of sp³-hybridized carbons (Fsp3) is 0.500. The molecule has 2 rings (SSSR count). The molecule has 22 heavy (non-hydrogen) atoms. The zero-order valence-corrected chi connectivity index (χ0v) is 13.1. The molecule has 120 valence electrons. The summed E-state index contributed by atoms with van der Waals surface area (Å²) in [6.07, 6.45) is 1.35. The van der Waals surface area contributed by atoms with Gasteiger partial charge in [0.1, 0.15) is 5.60 Å². The van der Waals surface area contributed by atoms with E-state index in [2.05, 4.69) is 16.0 Å². The van der Waals surface area contributed by atoms with Crippen molar-refractivity contribution >= 4 is 17.5 Å². The van der Waals surface area contributed by atoms with E-state index in [1.807, 2.05) is 24.3 Å². The minimum atomic E-state index is -0.721. The maximum atomic E-state index is 12.4. The van der Waals surface area contributed by atoms with E-state index in [9.17, 15) is 9.59 Å². The van der Waals surface area contributed by atoms with E-state index in [-0.39, 0.29) is 11.8 Å².